The van der Waals surface area contributed by atoms with E-state index in [1.54, 1.807) is 0 Å². The number of aromatic nitrogens is 2. The minimum Gasteiger partial charge on any atom is -0.369 e. The van der Waals surface area contributed by atoms with Crippen LogP contribution in [0, 0.1) is 25.2 Å². The van der Waals surface area contributed by atoms with Crippen LogP contribution >= 0.6 is 0 Å². The molecule has 3 aromatic rings. The number of para-hydroxylation sites is 1. The highest BCUT2D eigenvalue weighted by Crippen LogP contribution is 2.27. The Hall–Kier alpha value is -2.80. The number of imidazole rings is 1. The maximum Gasteiger partial charge on any atom is 0.205 e. The molecule has 3 rings (SSSR count). The molecule has 0 aliphatic carbocycles. The van der Waals surface area contributed by atoms with E-state index in [0.717, 1.165) is 27.8 Å². The zero-order valence-corrected chi connectivity index (χ0v) is 11.4. The summed E-state index contributed by atoms with van der Waals surface area (Å²) in [5.41, 5.74) is 11.3. The molecule has 20 heavy (non-hydrogen) atoms. The van der Waals surface area contributed by atoms with Crippen molar-refractivity contribution < 1.29 is 0 Å². The van der Waals surface area contributed by atoms with Crippen LogP contribution in [0.1, 0.15) is 16.7 Å². The van der Waals surface area contributed by atoms with E-state index in [4.69, 9.17) is 5.73 Å². The second-order valence-corrected chi connectivity index (χ2v) is 4.83. The van der Waals surface area contributed by atoms with Crippen molar-refractivity contribution in [2.24, 2.45) is 0 Å². The van der Waals surface area contributed by atoms with Gasteiger partial charge in [0, 0.05) is 0 Å². The predicted octanol–water partition coefficient (Wildman–Crippen LogP) is 3.10. The minimum atomic E-state index is 0.399. The van der Waals surface area contributed by atoms with Crippen molar-refractivity contribution in [1.82, 2.24) is 9.55 Å². The fourth-order valence-electron chi connectivity index (χ4n) is 2.49. The number of nitriles is 1. The topological polar surface area (TPSA) is 67.6 Å². The van der Waals surface area contributed by atoms with Crippen LogP contribution in [-0.4, -0.2) is 9.55 Å². The number of fused-ring (bicyclic) bond motifs is 1. The van der Waals surface area contributed by atoms with E-state index in [1.807, 2.05) is 54.8 Å². The summed E-state index contributed by atoms with van der Waals surface area (Å²) in [4.78, 5) is 4.43. The molecular formula is C16H14N4. The summed E-state index contributed by atoms with van der Waals surface area (Å²) in [7, 11) is 0. The molecule has 0 saturated heterocycles. The number of aryl methyl sites for hydroxylation is 2. The van der Waals surface area contributed by atoms with Gasteiger partial charge in [-0.3, -0.25) is 4.57 Å². The van der Waals surface area contributed by atoms with E-state index in [9.17, 15) is 5.26 Å². The maximum absolute atomic E-state index is 9.39. The molecule has 2 N–H and O–H groups in total. The van der Waals surface area contributed by atoms with Crippen molar-refractivity contribution >= 4 is 17.0 Å². The Kier molecular flexibility index (Phi) is 2.69. The van der Waals surface area contributed by atoms with E-state index in [2.05, 4.69) is 11.1 Å². The van der Waals surface area contributed by atoms with Crippen LogP contribution in [-0.2, 0) is 0 Å². The lowest BCUT2D eigenvalue weighted by molar-refractivity contribution is 1.09. The SMILES string of the molecule is Cc1cccc(-n2c(N)nc3c(C)cccc32)c1C#N. The van der Waals surface area contributed by atoms with Crippen LogP contribution in [0.3, 0.4) is 0 Å². The van der Waals surface area contributed by atoms with Crippen molar-refractivity contribution in [3.05, 3.63) is 53.1 Å². The molecule has 0 amide bonds. The average molecular weight is 262 g/mol. The van der Waals surface area contributed by atoms with E-state index in [0.29, 0.717) is 11.5 Å². The highest BCUT2D eigenvalue weighted by atomic mass is 15.2. The lowest BCUT2D eigenvalue weighted by Crippen LogP contribution is -2.03. The van der Waals surface area contributed by atoms with Gasteiger partial charge in [0.25, 0.3) is 0 Å². The van der Waals surface area contributed by atoms with Crippen molar-refractivity contribution in [1.29, 1.82) is 5.26 Å². The quantitative estimate of drug-likeness (QED) is 0.732. The number of nitrogens with two attached hydrogens (primary N) is 1. The lowest BCUT2D eigenvalue weighted by Gasteiger charge is -2.10. The van der Waals surface area contributed by atoms with Crippen molar-refractivity contribution in [3.63, 3.8) is 0 Å². The number of benzene rings is 2. The summed E-state index contributed by atoms with van der Waals surface area (Å²) in [6.07, 6.45) is 0. The molecule has 0 fully saturated rings. The van der Waals surface area contributed by atoms with Gasteiger partial charge in [0.15, 0.2) is 0 Å². The Balaban J connectivity index is 2.43. The number of anilines is 1. The first kappa shape index (κ1) is 12.2. The number of hydrogen-bond donors (Lipinski definition) is 1. The largest absolute Gasteiger partial charge is 0.369 e. The molecule has 0 spiro atoms. The Morgan fingerprint density at radius 2 is 1.80 bits per heavy atom. The monoisotopic (exact) mass is 262 g/mol. The molecule has 0 atom stereocenters. The molecule has 0 radical (unpaired) electrons. The van der Waals surface area contributed by atoms with Gasteiger partial charge in [0.05, 0.1) is 22.3 Å². The molecule has 98 valence electrons. The summed E-state index contributed by atoms with van der Waals surface area (Å²) in [5.74, 6) is 0.399. The number of hydrogen-bond acceptors (Lipinski definition) is 3. The van der Waals surface area contributed by atoms with Crippen LogP contribution in [0.4, 0.5) is 5.95 Å². The summed E-state index contributed by atoms with van der Waals surface area (Å²) in [6, 6.07) is 13.9. The first-order valence-electron chi connectivity index (χ1n) is 6.37. The van der Waals surface area contributed by atoms with E-state index >= 15 is 0 Å². The highest BCUT2D eigenvalue weighted by molar-refractivity contribution is 5.84. The summed E-state index contributed by atoms with van der Waals surface area (Å²) in [5, 5.41) is 9.39. The van der Waals surface area contributed by atoms with Gasteiger partial charge in [-0.2, -0.15) is 5.26 Å². The normalized spacial score (nSPS) is 10.7. The van der Waals surface area contributed by atoms with E-state index in [-0.39, 0.29) is 0 Å². The third kappa shape index (κ3) is 1.64. The highest BCUT2D eigenvalue weighted by Gasteiger charge is 2.15. The van der Waals surface area contributed by atoms with Crippen LogP contribution in [0.5, 0.6) is 0 Å². The second-order valence-electron chi connectivity index (χ2n) is 4.83. The van der Waals surface area contributed by atoms with Gasteiger partial charge in [-0.25, -0.2) is 4.98 Å². The number of rotatable bonds is 1. The third-order valence-electron chi connectivity index (χ3n) is 3.52. The Morgan fingerprint density at radius 3 is 2.55 bits per heavy atom. The third-order valence-corrected chi connectivity index (χ3v) is 3.52. The molecule has 4 heteroatoms. The molecule has 1 aromatic heterocycles. The Labute approximate surface area is 117 Å². The Morgan fingerprint density at radius 1 is 1.10 bits per heavy atom. The second kappa shape index (κ2) is 4.39. The van der Waals surface area contributed by atoms with Gasteiger partial charge in [-0.15, -0.1) is 0 Å². The molecule has 0 aliphatic heterocycles. The standard InChI is InChI=1S/C16H14N4/c1-10-5-3-7-13(12(10)9-17)20-14-8-4-6-11(2)15(14)19-16(20)18/h3-8H,1-2H3,(H2,18,19). The molecule has 0 unspecified atom stereocenters. The zero-order valence-electron chi connectivity index (χ0n) is 11.4. The molecule has 0 saturated carbocycles. The molecule has 4 nitrogen and oxygen atoms in total. The molecular weight excluding hydrogens is 248 g/mol. The number of nitrogens with zero attached hydrogens (tertiary/aromatic N) is 3. The number of nitrogen functional groups attached to an aromatic ring is 1. The Bertz CT molecular complexity index is 853. The predicted molar refractivity (Wildman–Crippen MR) is 79.7 cm³/mol. The summed E-state index contributed by atoms with van der Waals surface area (Å²) in [6.45, 7) is 3.92. The fraction of sp³-hybridized carbons (Fsp3) is 0.125. The summed E-state index contributed by atoms with van der Waals surface area (Å²) < 4.78 is 1.84. The molecule has 2 aromatic carbocycles. The van der Waals surface area contributed by atoms with Crippen molar-refractivity contribution in [3.8, 4) is 11.8 Å². The smallest absolute Gasteiger partial charge is 0.205 e. The van der Waals surface area contributed by atoms with Crippen LogP contribution < -0.4 is 5.73 Å². The summed E-state index contributed by atoms with van der Waals surface area (Å²) >= 11 is 0. The van der Waals surface area contributed by atoms with Gasteiger partial charge in [-0.1, -0.05) is 24.3 Å². The first-order chi connectivity index (χ1) is 9.63. The van der Waals surface area contributed by atoms with Gasteiger partial charge < -0.3 is 5.73 Å². The fourth-order valence-corrected chi connectivity index (χ4v) is 2.49. The molecule has 1 heterocycles. The lowest BCUT2D eigenvalue weighted by atomic mass is 10.1. The van der Waals surface area contributed by atoms with Crippen molar-refractivity contribution in [2.75, 3.05) is 5.73 Å². The van der Waals surface area contributed by atoms with Gasteiger partial charge in [-0.05, 0) is 37.1 Å². The van der Waals surface area contributed by atoms with Crippen molar-refractivity contribution in [2.45, 2.75) is 13.8 Å². The maximum atomic E-state index is 9.39. The van der Waals surface area contributed by atoms with E-state index < -0.39 is 0 Å². The minimum absolute atomic E-state index is 0.399. The molecule has 0 bridgehead atoms. The van der Waals surface area contributed by atoms with Crippen LogP contribution in [0.25, 0.3) is 16.7 Å². The van der Waals surface area contributed by atoms with Gasteiger partial charge in [0.2, 0.25) is 5.95 Å². The van der Waals surface area contributed by atoms with E-state index in [1.165, 1.54) is 0 Å². The van der Waals surface area contributed by atoms with Gasteiger partial charge >= 0.3 is 0 Å². The molecule has 0 aliphatic rings. The first-order valence-corrected chi connectivity index (χ1v) is 6.37. The zero-order chi connectivity index (χ0) is 14.3. The average Bonchev–Trinajstić information content (AvgIpc) is 2.76. The van der Waals surface area contributed by atoms with Crippen LogP contribution in [0.15, 0.2) is 36.4 Å². The van der Waals surface area contributed by atoms with Crippen LogP contribution in [0.2, 0.25) is 0 Å². The van der Waals surface area contributed by atoms with Gasteiger partial charge in [0.1, 0.15) is 6.07 Å².